The first-order chi connectivity index (χ1) is 16.6. The number of aliphatic hydroxyl groups is 1. The fourth-order valence-corrected chi connectivity index (χ4v) is 5.06. The third-order valence-corrected chi connectivity index (χ3v) is 6.78. The monoisotopic (exact) mass is 457 g/mol. The zero-order valence-electron chi connectivity index (χ0n) is 18.9. The number of amides is 3. The molecular weight excluding hydrogens is 430 g/mol. The molecule has 0 saturated carbocycles. The molecule has 2 aliphatic heterocycles. The van der Waals surface area contributed by atoms with Gasteiger partial charge in [0.25, 0.3) is 0 Å². The number of nitrogens with zero attached hydrogens (tertiary/aromatic N) is 2. The van der Waals surface area contributed by atoms with Gasteiger partial charge in [0.05, 0.1) is 25.8 Å². The second-order valence-corrected chi connectivity index (χ2v) is 8.67. The van der Waals surface area contributed by atoms with Crippen molar-refractivity contribution in [1.82, 2.24) is 9.80 Å². The molecule has 7 nitrogen and oxygen atoms in total. The van der Waals surface area contributed by atoms with Crippen molar-refractivity contribution in [3.05, 3.63) is 84.4 Å². The van der Waals surface area contributed by atoms with Gasteiger partial charge in [-0.2, -0.15) is 0 Å². The van der Waals surface area contributed by atoms with E-state index in [9.17, 15) is 14.7 Å². The highest BCUT2D eigenvalue weighted by Crippen LogP contribution is 2.43. The third kappa shape index (κ3) is 3.99. The first-order valence-corrected chi connectivity index (χ1v) is 11.4. The standard InChI is InChI=1S/C27H27N3O4/c1-34-22-13-11-21(12-14-22)28-27(33)29-15-23-26(24(17-31)30(23)25(32)16-29)20-9-7-19(8-10-20)18-5-3-2-4-6-18/h2-14,23-24,26,31H,15-17H2,1H3,(H,28,33)/t23-,24+,26+/m1/s1. The molecule has 0 radical (unpaired) electrons. The van der Waals surface area contributed by atoms with E-state index in [0.29, 0.717) is 18.0 Å². The molecule has 2 saturated heterocycles. The minimum absolute atomic E-state index is 0.00530. The quantitative estimate of drug-likeness (QED) is 0.614. The fraction of sp³-hybridized carbons (Fsp3) is 0.259. The first-order valence-electron chi connectivity index (χ1n) is 11.4. The number of benzene rings is 3. The minimum atomic E-state index is -0.316. The molecule has 2 aliphatic rings. The van der Waals surface area contributed by atoms with Crippen LogP contribution in [0.15, 0.2) is 78.9 Å². The van der Waals surface area contributed by atoms with E-state index in [1.54, 1.807) is 41.2 Å². The van der Waals surface area contributed by atoms with E-state index in [2.05, 4.69) is 41.7 Å². The third-order valence-electron chi connectivity index (χ3n) is 6.78. The van der Waals surface area contributed by atoms with E-state index < -0.39 is 0 Å². The van der Waals surface area contributed by atoms with E-state index in [4.69, 9.17) is 4.74 Å². The zero-order chi connectivity index (χ0) is 23.7. The van der Waals surface area contributed by atoms with Gasteiger partial charge in [0.15, 0.2) is 0 Å². The molecule has 2 fully saturated rings. The summed E-state index contributed by atoms with van der Waals surface area (Å²) in [5.74, 6) is 0.528. The number of anilines is 1. The Balaban J connectivity index is 1.32. The summed E-state index contributed by atoms with van der Waals surface area (Å²) in [5, 5.41) is 12.9. The van der Waals surface area contributed by atoms with Gasteiger partial charge >= 0.3 is 6.03 Å². The number of ether oxygens (including phenoxy) is 1. The summed E-state index contributed by atoms with van der Waals surface area (Å²) in [7, 11) is 1.59. The largest absolute Gasteiger partial charge is 0.497 e. The molecule has 5 rings (SSSR count). The Hall–Kier alpha value is -3.84. The topological polar surface area (TPSA) is 82.1 Å². The molecule has 0 unspecified atom stereocenters. The highest BCUT2D eigenvalue weighted by molar-refractivity contribution is 5.93. The molecule has 0 spiro atoms. The van der Waals surface area contributed by atoms with Crippen LogP contribution in [-0.2, 0) is 4.79 Å². The number of fused-ring (bicyclic) bond motifs is 1. The molecule has 0 aromatic heterocycles. The number of rotatable bonds is 5. The molecule has 3 atom stereocenters. The number of nitrogens with one attached hydrogen (secondary N) is 1. The summed E-state index contributed by atoms with van der Waals surface area (Å²) < 4.78 is 5.15. The van der Waals surface area contributed by atoms with Crippen molar-refractivity contribution in [3.63, 3.8) is 0 Å². The van der Waals surface area contributed by atoms with Gasteiger partial charge in [-0.05, 0) is 41.0 Å². The number of piperazine rings is 1. The SMILES string of the molecule is COc1ccc(NC(=O)N2CC(=O)N3[C@H](C2)[C@H](c2ccc(-c4ccccc4)cc2)[C@@H]3CO)cc1. The average Bonchev–Trinajstić information content (AvgIpc) is 2.86. The van der Waals surface area contributed by atoms with Crippen LogP contribution < -0.4 is 10.1 Å². The van der Waals surface area contributed by atoms with Gasteiger partial charge in [0, 0.05) is 18.2 Å². The van der Waals surface area contributed by atoms with E-state index >= 15 is 0 Å². The maximum atomic E-state index is 12.9. The van der Waals surface area contributed by atoms with Gasteiger partial charge in [0.2, 0.25) is 5.91 Å². The summed E-state index contributed by atoms with van der Waals surface area (Å²) in [6.45, 7) is 0.301. The smallest absolute Gasteiger partial charge is 0.322 e. The maximum Gasteiger partial charge on any atom is 0.322 e. The average molecular weight is 458 g/mol. The van der Waals surface area contributed by atoms with Gasteiger partial charge < -0.3 is 25.0 Å². The molecule has 2 N–H and O–H groups in total. The van der Waals surface area contributed by atoms with E-state index in [1.807, 2.05) is 18.2 Å². The van der Waals surface area contributed by atoms with Crippen molar-refractivity contribution in [1.29, 1.82) is 0 Å². The second kappa shape index (κ2) is 9.19. The lowest BCUT2D eigenvalue weighted by Crippen LogP contribution is -2.73. The lowest BCUT2D eigenvalue weighted by molar-refractivity contribution is -0.159. The highest BCUT2D eigenvalue weighted by Gasteiger charge is 2.54. The normalized spacial score (nSPS) is 21.5. The van der Waals surface area contributed by atoms with Crippen LogP contribution in [0.2, 0.25) is 0 Å². The number of methoxy groups -OCH3 is 1. The summed E-state index contributed by atoms with van der Waals surface area (Å²) in [6, 6.07) is 24.7. The Morgan fingerprint density at radius 1 is 1.00 bits per heavy atom. The van der Waals surface area contributed by atoms with Crippen LogP contribution in [0.5, 0.6) is 5.75 Å². The molecule has 0 bridgehead atoms. The van der Waals surface area contributed by atoms with Crippen molar-refractivity contribution < 1.29 is 19.4 Å². The van der Waals surface area contributed by atoms with Crippen LogP contribution in [0.25, 0.3) is 11.1 Å². The summed E-state index contributed by atoms with van der Waals surface area (Å²) in [5.41, 5.74) is 3.94. The molecule has 0 aliphatic carbocycles. The zero-order valence-corrected chi connectivity index (χ0v) is 18.9. The summed E-state index contributed by atoms with van der Waals surface area (Å²) in [4.78, 5) is 29.1. The first kappa shape index (κ1) is 22.0. The molecule has 34 heavy (non-hydrogen) atoms. The fourth-order valence-electron chi connectivity index (χ4n) is 5.06. The number of hydrogen-bond donors (Lipinski definition) is 2. The lowest BCUT2D eigenvalue weighted by atomic mass is 9.73. The molecule has 3 aromatic rings. The lowest BCUT2D eigenvalue weighted by Gasteiger charge is -2.58. The number of hydrogen-bond acceptors (Lipinski definition) is 4. The van der Waals surface area contributed by atoms with Crippen molar-refractivity contribution in [2.45, 2.75) is 18.0 Å². The van der Waals surface area contributed by atoms with Crippen LogP contribution >= 0.6 is 0 Å². The van der Waals surface area contributed by atoms with Crippen molar-refractivity contribution in [2.75, 3.05) is 32.1 Å². The Labute approximate surface area is 198 Å². The van der Waals surface area contributed by atoms with Gasteiger partial charge in [-0.15, -0.1) is 0 Å². The summed E-state index contributed by atoms with van der Waals surface area (Å²) >= 11 is 0. The predicted octanol–water partition coefficient (Wildman–Crippen LogP) is 3.57. The summed E-state index contributed by atoms with van der Waals surface area (Å²) in [6.07, 6.45) is 0. The predicted molar refractivity (Wildman–Crippen MR) is 130 cm³/mol. The van der Waals surface area contributed by atoms with E-state index in [-0.39, 0.29) is 43.1 Å². The molecule has 3 amide bonds. The van der Waals surface area contributed by atoms with Gasteiger partial charge in [-0.25, -0.2) is 4.79 Å². The van der Waals surface area contributed by atoms with Crippen LogP contribution in [0, 0.1) is 0 Å². The van der Waals surface area contributed by atoms with Gasteiger partial charge in [-0.1, -0.05) is 54.6 Å². The molecule has 7 heteroatoms. The van der Waals surface area contributed by atoms with E-state index in [1.165, 1.54) is 0 Å². The Kier molecular flexibility index (Phi) is 5.94. The number of aliphatic hydroxyl groups excluding tert-OH is 1. The number of carbonyl (C=O) groups is 2. The van der Waals surface area contributed by atoms with E-state index in [0.717, 1.165) is 16.7 Å². The Morgan fingerprint density at radius 2 is 1.68 bits per heavy atom. The van der Waals surface area contributed by atoms with Gasteiger partial charge in [0.1, 0.15) is 12.3 Å². The molecule has 3 aromatic carbocycles. The van der Waals surface area contributed by atoms with Gasteiger partial charge in [-0.3, -0.25) is 4.79 Å². The van der Waals surface area contributed by atoms with Crippen LogP contribution in [0.4, 0.5) is 10.5 Å². The Bertz CT molecular complexity index is 1160. The molecular formula is C27H27N3O4. The van der Waals surface area contributed by atoms with Crippen molar-refractivity contribution >= 4 is 17.6 Å². The molecule has 174 valence electrons. The van der Waals surface area contributed by atoms with Crippen LogP contribution in [-0.4, -0.2) is 65.7 Å². The number of carbonyl (C=O) groups excluding carboxylic acids is 2. The second-order valence-electron chi connectivity index (χ2n) is 8.67. The van der Waals surface area contributed by atoms with Crippen LogP contribution in [0.1, 0.15) is 11.5 Å². The van der Waals surface area contributed by atoms with Crippen LogP contribution in [0.3, 0.4) is 0 Å². The molecule has 2 heterocycles. The van der Waals surface area contributed by atoms with Crippen molar-refractivity contribution in [2.24, 2.45) is 0 Å². The minimum Gasteiger partial charge on any atom is -0.497 e. The Morgan fingerprint density at radius 3 is 2.32 bits per heavy atom. The highest BCUT2D eigenvalue weighted by atomic mass is 16.5. The maximum absolute atomic E-state index is 12.9. The van der Waals surface area contributed by atoms with Crippen molar-refractivity contribution in [3.8, 4) is 16.9 Å². The number of urea groups is 1.